The quantitative estimate of drug-likeness (QED) is 0.420. The summed E-state index contributed by atoms with van der Waals surface area (Å²) in [5, 5.41) is 0. The molecular weight excluding hydrogens is 239 g/mol. The molecule has 1 rings (SSSR count). The topological polar surface area (TPSA) is 81.1 Å². The van der Waals surface area contributed by atoms with E-state index in [0.717, 1.165) is 4.90 Å². The number of rotatable bonds is 3. The van der Waals surface area contributed by atoms with Crippen molar-refractivity contribution in [2.45, 2.75) is 12.5 Å². The van der Waals surface area contributed by atoms with Gasteiger partial charge in [-0.3, -0.25) is 9.69 Å². The Morgan fingerprint density at radius 2 is 2.13 bits per heavy atom. The fraction of sp³-hybridized carbons (Fsp3) is 0.429. The van der Waals surface area contributed by atoms with Crippen LogP contribution in [-0.2, 0) is 16.6 Å². The molecule has 8 heteroatoms. The lowest BCUT2D eigenvalue weighted by Gasteiger charge is -2.24. The second kappa shape index (κ2) is 4.02. The molecule has 2 N–H and O–H groups in total. The highest BCUT2D eigenvalue weighted by atomic mass is 32.5. The third kappa shape index (κ3) is 2.10. The first-order chi connectivity index (χ1) is 6.80. The molecule has 1 atom stereocenters. The van der Waals surface area contributed by atoms with Crippen LogP contribution in [0.25, 0.3) is 0 Å². The summed E-state index contributed by atoms with van der Waals surface area (Å²) in [5.74, 6) is -0.503. The maximum absolute atomic E-state index is 11.5. The lowest BCUT2D eigenvalue weighted by molar-refractivity contribution is -0.127. The molecule has 0 radical (unpaired) electrons. The molecule has 0 aromatic carbocycles. The molecule has 0 aliphatic carbocycles. The van der Waals surface area contributed by atoms with Crippen molar-refractivity contribution < 1.29 is 19.4 Å². The van der Waals surface area contributed by atoms with Crippen molar-refractivity contribution in [3.8, 4) is 0 Å². The lowest BCUT2D eigenvalue weighted by atomic mass is 10.2. The molecule has 0 aromatic rings. The lowest BCUT2D eigenvalue weighted by Crippen LogP contribution is -2.31. The number of nitrogens with zero attached hydrogens (tertiary/aromatic N) is 2. The van der Waals surface area contributed by atoms with Gasteiger partial charge in [0.05, 0.1) is 0 Å². The number of hydrogen-bond donors (Lipinski definition) is 2. The highest BCUT2D eigenvalue weighted by Crippen LogP contribution is 2.46. The van der Waals surface area contributed by atoms with E-state index in [4.69, 9.17) is 0 Å². The molecule has 1 heterocycles. The fourth-order valence-corrected chi connectivity index (χ4v) is 2.83. The predicted octanol–water partition coefficient (Wildman–Crippen LogP) is 0.0342. The normalized spacial score (nSPS) is 22.5. The standard InChI is InChI=1S/C7H11N2O4PS/c1-3-4-5-6(10)8(2)7(11)9(5)14(12,13)15/h3,5H,1,4H2,2H3,(H2,12,13,15). The van der Waals surface area contributed by atoms with Crippen molar-refractivity contribution in [2.24, 2.45) is 0 Å². The molecule has 1 unspecified atom stereocenters. The largest absolute Gasteiger partial charge is 0.334 e. The molecule has 15 heavy (non-hydrogen) atoms. The highest BCUT2D eigenvalue weighted by molar-refractivity contribution is 8.08. The fourth-order valence-electron chi connectivity index (χ4n) is 1.36. The molecule has 6 nitrogen and oxygen atoms in total. The molecule has 3 amide bonds. The number of likely N-dealkylation sites (N-methyl/N-ethyl adjacent to an activating group) is 1. The summed E-state index contributed by atoms with van der Waals surface area (Å²) in [6, 6.07) is -1.72. The van der Waals surface area contributed by atoms with Gasteiger partial charge in [0.15, 0.2) is 0 Å². The van der Waals surface area contributed by atoms with E-state index >= 15 is 0 Å². The first-order valence-electron chi connectivity index (χ1n) is 4.08. The van der Waals surface area contributed by atoms with Gasteiger partial charge in [-0.2, -0.15) is 0 Å². The van der Waals surface area contributed by atoms with E-state index in [1.54, 1.807) is 0 Å². The van der Waals surface area contributed by atoms with Gasteiger partial charge in [0.25, 0.3) is 12.5 Å². The zero-order valence-corrected chi connectivity index (χ0v) is 9.74. The van der Waals surface area contributed by atoms with Crippen LogP contribution in [0.15, 0.2) is 12.7 Å². The van der Waals surface area contributed by atoms with Crippen LogP contribution in [0.3, 0.4) is 0 Å². The molecule has 0 saturated carbocycles. The monoisotopic (exact) mass is 250 g/mol. The molecule has 1 aliphatic heterocycles. The predicted molar refractivity (Wildman–Crippen MR) is 57.3 cm³/mol. The average Bonchev–Trinajstić information content (AvgIpc) is 2.30. The summed E-state index contributed by atoms with van der Waals surface area (Å²) >= 11 is 4.43. The minimum atomic E-state index is -3.92. The Morgan fingerprint density at radius 1 is 1.60 bits per heavy atom. The Bertz CT molecular complexity index is 366. The van der Waals surface area contributed by atoms with E-state index in [2.05, 4.69) is 18.4 Å². The Labute approximate surface area is 92.0 Å². The molecule has 84 valence electrons. The zero-order chi connectivity index (χ0) is 11.8. The molecule has 0 bridgehead atoms. The number of amides is 3. The van der Waals surface area contributed by atoms with Gasteiger partial charge in [0.1, 0.15) is 6.04 Å². The minimum Gasteiger partial charge on any atom is -0.329 e. The number of hydrogen-bond acceptors (Lipinski definition) is 3. The summed E-state index contributed by atoms with van der Waals surface area (Å²) in [4.78, 5) is 42.4. The van der Waals surface area contributed by atoms with E-state index in [9.17, 15) is 19.4 Å². The Morgan fingerprint density at radius 3 is 2.53 bits per heavy atom. The van der Waals surface area contributed by atoms with E-state index in [0.29, 0.717) is 4.67 Å². The minimum absolute atomic E-state index is 0.147. The zero-order valence-electron chi connectivity index (χ0n) is 8.03. The molecule has 0 spiro atoms. The number of imide groups is 1. The van der Waals surface area contributed by atoms with Gasteiger partial charge >= 0.3 is 6.03 Å². The maximum Gasteiger partial charge on any atom is 0.334 e. The summed E-state index contributed by atoms with van der Waals surface area (Å²) in [6.45, 7) is -0.492. The first kappa shape index (κ1) is 12.3. The Balaban J connectivity index is 3.12. The SMILES string of the molecule is C=CCC1C(=O)N(C)C(=O)N1P(O)(O)=S. The highest BCUT2D eigenvalue weighted by Gasteiger charge is 2.47. The van der Waals surface area contributed by atoms with Crippen molar-refractivity contribution in [2.75, 3.05) is 7.05 Å². The second-order valence-electron chi connectivity index (χ2n) is 3.08. The third-order valence-electron chi connectivity index (χ3n) is 2.06. The summed E-state index contributed by atoms with van der Waals surface area (Å²) in [5.41, 5.74) is 0. The van der Waals surface area contributed by atoms with Crippen LogP contribution < -0.4 is 0 Å². The van der Waals surface area contributed by atoms with Crippen LogP contribution >= 0.6 is 6.64 Å². The molecule has 1 fully saturated rings. The van der Waals surface area contributed by atoms with Crippen molar-refractivity contribution in [3.05, 3.63) is 12.7 Å². The summed E-state index contributed by atoms with van der Waals surface area (Å²) < 4.78 is 0.659. The summed E-state index contributed by atoms with van der Waals surface area (Å²) in [7, 11) is 1.27. The average molecular weight is 250 g/mol. The Kier molecular flexibility index (Phi) is 3.30. The van der Waals surface area contributed by atoms with Gasteiger partial charge < -0.3 is 9.79 Å². The van der Waals surface area contributed by atoms with E-state index in [-0.39, 0.29) is 6.42 Å². The van der Waals surface area contributed by atoms with Crippen LogP contribution in [0.5, 0.6) is 0 Å². The number of urea groups is 1. The first-order valence-corrected chi connectivity index (χ1v) is 6.74. The third-order valence-corrected chi connectivity index (χ3v) is 3.60. The van der Waals surface area contributed by atoms with Gasteiger partial charge in [-0.05, 0) is 18.2 Å². The second-order valence-corrected chi connectivity index (χ2v) is 6.01. The van der Waals surface area contributed by atoms with Gasteiger partial charge in [-0.1, -0.05) is 6.08 Å². The van der Waals surface area contributed by atoms with Gasteiger partial charge in [-0.15, -0.1) is 6.58 Å². The van der Waals surface area contributed by atoms with E-state index in [1.165, 1.54) is 13.1 Å². The van der Waals surface area contributed by atoms with Crippen LogP contribution in [-0.4, -0.2) is 44.4 Å². The van der Waals surface area contributed by atoms with Crippen molar-refractivity contribution in [1.82, 2.24) is 9.57 Å². The van der Waals surface area contributed by atoms with Gasteiger partial charge in [0.2, 0.25) is 0 Å². The van der Waals surface area contributed by atoms with Crippen molar-refractivity contribution in [3.63, 3.8) is 0 Å². The van der Waals surface area contributed by atoms with E-state index in [1.807, 2.05) is 0 Å². The van der Waals surface area contributed by atoms with E-state index < -0.39 is 24.6 Å². The molecule has 1 saturated heterocycles. The number of carbonyl (C=O) groups excluding carboxylic acids is 2. The Hall–Kier alpha value is -0.750. The maximum atomic E-state index is 11.5. The van der Waals surface area contributed by atoms with Gasteiger partial charge in [0, 0.05) is 7.05 Å². The van der Waals surface area contributed by atoms with Crippen LogP contribution in [0.4, 0.5) is 4.79 Å². The van der Waals surface area contributed by atoms with Crippen LogP contribution in [0.1, 0.15) is 6.42 Å². The van der Waals surface area contributed by atoms with Crippen molar-refractivity contribution >= 4 is 30.4 Å². The smallest absolute Gasteiger partial charge is 0.329 e. The van der Waals surface area contributed by atoms with Crippen LogP contribution in [0.2, 0.25) is 0 Å². The van der Waals surface area contributed by atoms with Gasteiger partial charge in [-0.25, -0.2) is 9.46 Å². The van der Waals surface area contributed by atoms with Crippen molar-refractivity contribution in [1.29, 1.82) is 0 Å². The summed E-state index contributed by atoms with van der Waals surface area (Å²) in [6.07, 6.45) is 1.57. The molecule has 1 aliphatic rings. The van der Waals surface area contributed by atoms with Crippen LogP contribution in [0, 0.1) is 0 Å². The molecule has 0 aromatic heterocycles. The number of carbonyl (C=O) groups is 2. The molecular formula is C7H11N2O4PS.